The van der Waals surface area contributed by atoms with Gasteiger partial charge in [-0.25, -0.2) is 8.78 Å². The molecule has 0 amide bonds. The molecule has 0 bridgehead atoms. The van der Waals surface area contributed by atoms with Gasteiger partial charge in [0.2, 0.25) is 0 Å². The molecule has 0 aliphatic heterocycles. The van der Waals surface area contributed by atoms with Crippen LogP contribution in [0.4, 0.5) is 35.1 Å². The Morgan fingerprint density at radius 1 is 0.792 bits per heavy atom. The number of benzene rings is 2. The third kappa shape index (κ3) is 3.09. The highest BCUT2D eigenvalue weighted by molar-refractivity contribution is 5.36. The van der Waals surface area contributed by atoms with Crippen molar-refractivity contribution in [2.24, 2.45) is 0 Å². The number of alkyl halides is 8. The summed E-state index contributed by atoms with van der Waals surface area (Å²) < 4.78 is 105. The molecule has 0 saturated heterocycles. The largest absolute Gasteiger partial charge is 0.435 e. The average molecular weight is 353 g/mol. The Morgan fingerprint density at radius 3 is 1.83 bits per heavy atom. The summed E-state index contributed by atoms with van der Waals surface area (Å²) in [6.07, 6.45) is -14.5. The van der Waals surface area contributed by atoms with Crippen molar-refractivity contribution in [2.45, 2.75) is 24.2 Å². The van der Waals surface area contributed by atoms with Gasteiger partial charge in [0.25, 0.3) is 0 Å². The van der Waals surface area contributed by atoms with Crippen LogP contribution in [0.1, 0.15) is 22.9 Å². The molecule has 24 heavy (non-hydrogen) atoms. The van der Waals surface area contributed by atoms with Gasteiger partial charge in [0.15, 0.2) is 6.17 Å². The van der Waals surface area contributed by atoms with Gasteiger partial charge < -0.3 is 0 Å². The SMILES string of the molecule is FC(c1[c]ccc(C(F)(C(F)(F)F)C(F)(F)F)c1)c1ccccc1. The van der Waals surface area contributed by atoms with Crippen molar-refractivity contribution in [1.82, 2.24) is 0 Å². The van der Waals surface area contributed by atoms with E-state index in [1.165, 1.54) is 24.3 Å². The maximum Gasteiger partial charge on any atom is 0.435 e. The molecule has 0 spiro atoms. The Kier molecular flexibility index (Phi) is 4.61. The first-order valence-corrected chi connectivity index (χ1v) is 6.52. The van der Waals surface area contributed by atoms with E-state index in [9.17, 15) is 35.1 Å². The summed E-state index contributed by atoms with van der Waals surface area (Å²) >= 11 is 0. The molecular weight excluding hydrogens is 344 g/mol. The molecule has 0 aromatic heterocycles. The van der Waals surface area contributed by atoms with Crippen LogP contribution in [-0.4, -0.2) is 12.4 Å². The molecule has 2 rings (SSSR count). The molecule has 1 unspecified atom stereocenters. The van der Waals surface area contributed by atoms with Crippen LogP contribution in [0.5, 0.6) is 0 Å². The van der Waals surface area contributed by atoms with Crippen LogP contribution in [0.2, 0.25) is 0 Å². The average Bonchev–Trinajstić information content (AvgIpc) is 2.52. The molecule has 129 valence electrons. The number of hydrogen-bond acceptors (Lipinski definition) is 0. The normalized spacial score (nSPS) is 14.5. The van der Waals surface area contributed by atoms with Gasteiger partial charge in [-0.2, -0.15) is 26.3 Å². The van der Waals surface area contributed by atoms with E-state index in [0.29, 0.717) is 6.07 Å². The van der Waals surface area contributed by atoms with Crippen molar-refractivity contribution in [1.29, 1.82) is 0 Å². The Bertz CT molecular complexity index is 673. The van der Waals surface area contributed by atoms with E-state index in [2.05, 4.69) is 6.07 Å². The maximum atomic E-state index is 14.3. The summed E-state index contributed by atoms with van der Waals surface area (Å²) in [7, 11) is 0. The third-order valence-electron chi connectivity index (χ3n) is 3.37. The van der Waals surface area contributed by atoms with E-state index in [4.69, 9.17) is 0 Å². The first-order valence-electron chi connectivity index (χ1n) is 6.52. The van der Waals surface area contributed by atoms with Gasteiger partial charge in [0.1, 0.15) is 0 Å². The summed E-state index contributed by atoms with van der Waals surface area (Å²) in [6.45, 7) is 0. The smallest absolute Gasteiger partial charge is 0.237 e. The van der Waals surface area contributed by atoms with E-state index in [1.807, 2.05) is 0 Å². The molecular formula is C16H9F8. The van der Waals surface area contributed by atoms with E-state index in [0.717, 1.165) is 0 Å². The number of hydrogen-bond donors (Lipinski definition) is 0. The second-order valence-corrected chi connectivity index (χ2v) is 4.96. The van der Waals surface area contributed by atoms with Crippen LogP contribution >= 0.6 is 0 Å². The molecule has 2 aromatic rings. The molecule has 0 fully saturated rings. The molecule has 0 aliphatic rings. The van der Waals surface area contributed by atoms with E-state index >= 15 is 0 Å². The van der Waals surface area contributed by atoms with Gasteiger partial charge in [0, 0.05) is 5.56 Å². The van der Waals surface area contributed by atoms with Crippen molar-refractivity contribution >= 4 is 0 Å². The highest BCUT2D eigenvalue weighted by Gasteiger charge is 2.73. The Hall–Kier alpha value is -2.12. The van der Waals surface area contributed by atoms with Crippen LogP contribution in [0.25, 0.3) is 0 Å². The first kappa shape index (κ1) is 18.2. The lowest BCUT2D eigenvalue weighted by atomic mass is 9.91. The molecule has 0 N–H and O–H groups in total. The van der Waals surface area contributed by atoms with Crippen molar-refractivity contribution < 1.29 is 35.1 Å². The van der Waals surface area contributed by atoms with E-state index < -0.39 is 35.3 Å². The van der Waals surface area contributed by atoms with Crippen LogP contribution in [0.15, 0.2) is 48.5 Å². The van der Waals surface area contributed by atoms with Gasteiger partial charge in [-0.1, -0.05) is 42.5 Å². The molecule has 0 saturated carbocycles. The van der Waals surface area contributed by atoms with Crippen LogP contribution in [0.3, 0.4) is 0 Å². The summed E-state index contributed by atoms with van der Waals surface area (Å²) in [5, 5.41) is 0. The Morgan fingerprint density at radius 2 is 1.33 bits per heavy atom. The highest BCUT2D eigenvalue weighted by Crippen LogP contribution is 2.53. The van der Waals surface area contributed by atoms with Crippen LogP contribution in [0, 0.1) is 6.07 Å². The standard InChI is InChI=1S/C16H9F8/c17-13(10-5-2-1-3-6-10)11-7-4-8-12(9-11)14(18,15(19,20)21)16(22,23)24/h1-6,8-9,13H. The fourth-order valence-corrected chi connectivity index (χ4v) is 2.14. The topological polar surface area (TPSA) is 0 Å². The minimum atomic E-state index is -6.25. The number of halogens is 8. The van der Waals surface area contributed by atoms with Crippen LogP contribution in [-0.2, 0) is 5.67 Å². The number of rotatable bonds is 3. The second kappa shape index (κ2) is 6.07. The lowest BCUT2D eigenvalue weighted by Crippen LogP contribution is -2.50. The van der Waals surface area contributed by atoms with Crippen molar-refractivity contribution in [2.75, 3.05) is 0 Å². The highest BCUT2D eigenvalue weighted by atomic mass is 19.4. The lowest BCUT2D eigenvalue weighted by molar-refractivity contribution is -0.348. The zero-order valence-corrected chi connectivity index (χ0v) is 11.7. The van der Waals surface area contributed by atoms with Crippen molar-refractivity contribution in [3.63, 3.8) is 0 Å². The molecule has 1 radical (unpaired) electrons. The maximum absolute atomic E-state index is 14.3. The van der Waals surface area contributed by atoms with Gasteiger partial charge in [0.05, 0.1) is 0 Å². The minimum absolute atomic E-state index is 0.00521. The predicted octanol–water partition coefficient (Wildman–Crippen LogP) is 5.84. The molecule has 2 aromatic carbocycles. The second-order valence-electron chi connectivity index (χ2n) is 4.96. The van der Waals surface area contributed by atoms with Crippen molar-refractivity contribution in [3.05, 3.63) is 71.3 Å². The predicted molar refractivity (Wildman–Crippen MR) is 69.6 cm³/mol. The van der Waals surface area contributed by atoms with Gasteiger partial charge in [-0.3, -0.25) is 0 Å². The third-order valence-corrected chi connectivity index (χ3v) is 3.37. The van der Waals surface area contributed by atoms with E-state index in [-0.39, 0.29) is 17.7 Å². The fourth-order valence-electron chi connectivity index (χ4n) is 2.14. The van der Waals surface area contributed by atoms with Gasteiger partial charge in [-0.05, 0) is 23.3 Å². The zero-order valence-electron chi connectivity index (χ0n) is 11.7. The van der Waals surface area contributed by atoms with E-state index in [1.54, 1.807) is 6.07 Å². The van der Waals surface area contributed by atoms with Gasteiger partial charge >= 0.3 is 18.0 Å². The molecule has 8 heteroatoms. The fraction of sp³-hybridized carbons (Fsp3) is 0.250. The molecule has 1 atom stereocenters. The summed E-state index contributed by atoms with van der Waals surface area (Å²) in [4.78, 5) is 0. The molecule has 0 nitrogen and oxygen atoms in total. The minimum Gasteiger partial charge on any atom is -0.237 e. The zero-order chi connectivity index (χ0) is 18.2. The van der Waals surface area contributed by atoms with Crippen molar-refractivity contribution in [3.8, 4) is 0 Å². The van der Waals surface area contributed by atoms with Crippen LogP contribution < -0.4 is 0 Å². The first-order chi connectivity index (χ1) is 11.0. The monoisotopic (exact) mass is 353 g/mol. The summed E-state index contributed by atoms with van der Waals surface area (Å²) in [6, 6.07) is 10.3. The molecule has 0 heterocycles. The summed E-state index contributed by atoms with van der Waals surface area (Å²) in [5.41, 5.74) is -7.97. The Balaban J connectivity index is 2.53. The van der Waals surface area contributed by atoms with Gasteiger partial charge in [-0.15, -0.1) is 0 Å². The molecule has 0 aliphatic carbocycles. The summed E-state index contributed by atoms with van der Waals surface area (Å²) in [5.74, 6) is 0. The lowest BCUT2D eigenvalue weighted by Gasteiger charge is -2.30. The Labute approximate surface area is 131 Å². The quantitative estimate of drug-likeness (QED) is 0.609.